The SMILES string of the molecule is C=C1C=CC(=O)N1CCCCCC(=O)N[C@@H](Cc1ccccc1)C(=O)N[C@@H](CCCCN)C(=O)Nc1ccc(NC(=O)[C@H](Cc2ccccc2)NC(=O)[C@H](C)[C@@H](OC)[C@@H]2CCCN2C(=O)C[C@@H](OC)[C@H]([C@@H](C)CC)N(C)C(=O)[C@@H](NC(=O)C(C(C)C)N(C)C)C(C)C)cc1. The van der Waals surface area contributed by atoms with Gasteiger partial charge in [-0.1, -0.05) is 129 Å². The van der Waals surface area contributed by atoms with E-state index in [1.165, 1.54) is 20.3 Å². The summed E-state index contributed by atoms with van der Waals surface area (Å²) in [6, 6.07) is 19.6. The standard InChI is InChI=1S/C72H107N11O11/c1-14-48(6)65(81(11)72(92)63(46(2)3)79-71(91)64(47(4)5)80(9)10)59(93-12)45-62(86)83-42-26-32-58(83)66(94-13)50(8)67(87)78-57(44-52-29-20-16-21-30-52)69(89)75-54-37-35-53(36-38-54)74-68(88)55(31-23-24-40-73)77-70(90)56(43-51-27-18-15-19-28-51)76-60(84)33-22-17-25-41-82-49(7)34-39-61(82)85/h15-16,18-21,27-30,34-39,46-48,50,55-59,63-66H,7,14,17,22-26,31-33,40-45,73H2,1-6,8-13H3,(H,74,88)(H,75,89)(H,76,84)(H,77,90)(H,78,87)(H,79,91)/t48-,50+,55-,56-,57-,58-,59+,63-,64?,65-,66+/m0/s1. The van der Waals surface area contributed by atoms with Crippen molar-refractivity contribution in [3.63, 3.8) is 0 Å². The third-order valence-corrected chi connectivity index (χ3v) is 18.1. The number of carbonyl (C=O) groups excluding carboxylic acids is 9. The minimum absolute atomic E-state index is 0.00136. The van der Waals surface area contributed by atoms with Gasteiger partial charge in [0.05, 0.1) is 42.7 Å². The van der Waals surface area contributed by atoms with Crippen LogP contribution in [0.25, 0.3) is 0 Å². The van der Waals surface area contributed by atoms with Crippen molar-refractivity contribution in [1.82, 2.24) is 40.9 Å². The maximum absolute atomic E-state index is 14.7. The predicted octanol–water partition coefficient (Wildman–Crippen LogP) is 6.75. The number of nitrogens with one attached hydrogen (secondary N) is 6. The van der Waals surface area contributed by atoms with E-state index in [4.69, 9.17) is 15.2 Å². The quantitative estimate of drug-likeness (QED) is 0.0291. The number of likely N-dealkylation sites (N-methyl/N-ethyl adjacent to an activating group) is 2. The van der Waals surface area contributed by atoms with E-state index in [2.05, 4.69) is 38.5 Å². The summed E-state index contributed by atoms with van der Waals surface area (Å²) in [6.45, 7) is 18.7. The second-order valence-electron chi connectivity index (χ2n) is 26.1. The zero-order valence-electron chi connectivity index (χ0n) is 57.6. The van der Waals surface area contributed by atoms with Gasteiger partial charge in [0.15, 0.2) is 0 Å². The molecule has 9 amide bonds. The summed E-state index contributed by atoms with van der Waals surface area (Å²) in [5.41, 5.74) is 8.84. The number of rotatable bonds is 39. The fraction of sp³-hybridized carbons (Fsp3) is 0.569. The molecule has 22 nitrogen and oxygen atoms in total. The molecule has 8 N–H and O–H groups in total. The third kappa shape index (κ3) is 22.7. The summed E-state index contributed by atoms with van der Waals surface area (Å²) >= 11 is 0. The number of methoxy groups -OCH3 is 2. The summed E-state index contributed by atoms with van der Waals surface area (Å²) < 4.78 is 12.2. The second kappa shape index (κ2) is 38.5. The smallest absolute Gasteiger partial charge is 0.251 e. The lowest BCUT2D eigenvalue weighted by atomic mass is 9.89. The van der Waals surface area contributed by atoms with Crippen molar-refractivity contribution >= 4 is 64.5 Å². The first kappa shape index (κ1) is 76.9. The highest BCUT2D eigenvalue weighted by molar-refractivity contribution is 6.00. The van der Waals surface area contributed by atoms with E-state index in [1.807, 2.05) is 121 Å². The van der Waals surface area contributed by atoms with E-state index in [-0.39, 0.29) is 79.4 Å². The monoisotopic (exact) mass is 1300 g/mol. The van der Waals surface area contributed by atoms with Crippen LogP contribution in [0.4, 0.5) is 11.4 Å². The van der Waals surface area contributed by atoms with Crippen LogP contribution in [-0.2, 0) is 65.5 Å². The van der Waals surface area contributed by atoms with Crippen molar-refractivity contribution in [2.75, 3.05) is 65.6 Å². The minimum atomic E-state index is -1.06. The number of hydrogen-bond donors (Lipinski definition) is 7. The van der Waals surface area contributed by atoms with E-state index >= 15 is 0 Å². The predicted molar refractivity (Wildman–Crippen MR) is 366 cm³/mol. The van der Waals surface area contributed by atoms with E-state index in [9.17, 15) is 43.2 Å². The molecule has 22 heteroatoms. The number of likely N-dealkylation sites (tertiary alicyclic amines) is 1. The van der Waals surface area contributed by atoms with Gasteiger partial charge in [-0.05, 0) is 125 Å². The van der Waals surface area contributed by atoms with Crippen LogP contribution in [0, 0.1) is 23.7 Å². The topological polar surface area (TPSA) is 283 Å². The minimum Gasteiger partial charge on any atom is -0.379 e. The van der Waals surface area contributed by atoms with Crippen molar-refractivity contribution in [3.8, 4) is 0 Å². The zero-order valence-corrected chi connectivity index (χ0v) is 57.6. The maximum atomic E-state index is 14.7. The van der Waals surface area contributed by atoms with Gasteiger partial charge < -0.3 is 61.8 Å². The van der Waals surface area contributed by atoms with Crippen molar-refractivity contribution in [1.29, 1.82) is 0 Å². The molecule has 11 atom stereocenters. The Kier molecular flexibility index (Phi) is 31.5. The number of ether oxygens (including phenoxy) is 2. The summed E-state index contributed by atoms with van der Waals surface area (Å²) in [6.07, 6.45) is 7.29. The van der Waals surface area contributed by atoms with E-state index in [0.29, 0.717) is 88.1 Å². The van der Waals surface area contributed by atoms with Crippen LogP contribution in [0.5, 0.6) is 0 Å². The second-order valence-corrected chi connectivity index (χ2v) is 26.1. The van der Waals surface area contributed by atoms with E-state index < -0.39 is 84.0 Å². The Morgan fingerprint density at radius 2 is 1.23 bits per heavy atom. The Bertz CT molecular complexity index is 2970. The van der Waals surface area contributed by atoms with Gasteiger partial charge in [-0.15, -0.1) is 0 Å². The molecule has 5 rings (SSSR count). The highest BCUT2D eigenvalue weighted by Gasteiger charge is 2.44. The van der Waals surface area contributed by atoms with Gasteiger partial charge in [-0.25, -0.2) is 0 Å². The summed E-state index contributed by atoms with van der Waals surface area (Å²) in [5.74, 6) is -4.33. The number of allylic oxidation sites excluding steroid dienone is 1. The number of nitrogens with two attached hydrogens (primary N) is 1. The number of amides is 9. The summed E-state index contributed by atoms with van der Waals surface area (Å²) in [4.78, 5) is 132. The maximum Gasteiger partial charge on any atom is 0.251 e. The molecule has 0 spiro atoms. The molecule has 0 radical (unpaired) electrons. The van der Waals surface area contributed by atoms with Gasteiger partial charge in [-0.2, -0.15) is 0 Å². The molecule has 2 aliphatic rings. The van der Waals surface area contributed by atoms with Crippen LogP contribution in [0.1, 0.15) is 130 Å². The van der Waals surface area contributed by atoms with Crippen molar-refractivity contribution in [2.24, 2.45) is 29.4 Å². The van der Waals surface area contributed by atoms with Crippen LogP contribution < -0.4 is 37.6 Å². The number of hydrogen-bond acceptors (Lipinski definition) is 13. The van der Waals surface area contributed by atoms with Crippen LogP contribution in [0.15, 0.2) is 109 Å². The van der Waals surface area contributed by atoms with Gasteiger partial charge in [0, 0.05) is 76.8 Å². The molecule has 0 aliphatic carbocycles. The molecule has 516 valence electrons. The fourth-order valence-corrected chi connectivity index (χ4v) is 12.7. The Labute approximate surface area is 557 Å². The first-order chi connectivity index (χ1) is 44.8. The van der Waals surface area contributed by atoms with Crippen LogP contribution in [0.3, 0.4) is 0 Å². The number of anilines is 2. The number of benzene rings is 3. The Morgan fingerprint density at radius 3 is 1.74 bits per heavy atom. The zero-order chi connectivity index (χ0) is 69.2. The highest BCUT2D eigenvalue weighted by Crippen LogP contribution is 2.30. The fourth-order valence-electron chi connectivity index (χ4n) is 12.7. The molecular formula is C72H107N11O11. The van der Waals surface area contributed by atoms with E-state index in [0.717, 1.165) is 11.1 Å². The molecule has 3 aromatic rings. The molecule has 1 saturated heterocycles. The molecule has 94 heavy (non-hydrogen) atoms. The summed E-state index contributed by atoms with van der Waals surface area (Å²) in [7, 11) is 8.43. The van der Waals surface area contributed by atoms with Crippen LogP contribution in [-0.4, -0.2) is 182 Å². The normalized spacial score (nSPS) is 17.1. The first-order valence-electron chi connectivity index (χ1n) is 33.5. The van der Waals surface area contributed by atoms with Crippen molar-refractivity contribution in [2.45, 2.75) is 186 Å². The molecule has 3 aromatic carbocycles. The molecule has 1 fully saturated rings. The molecule has 0 aromatic heterocycles. The number of unbranched alkanes of at least 4 members (excludes halogenated alkanes) is 3. The van der Waals surface area contributed by atoms with Crippen molar-refractivity contribution in [3.05, 3.63) is 120 Å². The molecule has 2 heterocycles. The first-order valence-corrected chi connectivity index (χ1v) is 33.5. The lowest BCUT2D eigenvalue weighted by molar-refractivity contribution is -0.148. The Morgan fingerprint density at radius 1 is 0.660 bits per heavy atom. The van der Waals surface area contributed by atoms with Gasteiger partial charge in [-0.3, -0.25) is 48.1 Å². The Balaban J connectivity index is 1.25. The average molecular weight is 1300 g/mol. The lowest BCUT2D eigenvalue weighted by Gasteiger charge is -2.41. The molecule has 0 saturated carbocycles. The largest absolute Gasteiger partial charge is 0.379 e. The third-order valence-electron chi connectivity index (χ3n) is 18.1. The molecular weight excluding hydrogens is 1190 g/mol. The number of nitrogens with zero attached hydrogens (tertiary/aromatic N) is 4. The van der Waals surface area contributed by atoms with Gasteiger partial charge >= 0.3 is 0 Å². The van der Waals surface area contributed by atoms with Crippen LogP contribution in [0.2, 0.25) is 0 Å². The van der Waals surface area contributed by atoms with Crippen LogP contribution >= 0.6 is 0 Å². The average Bonchev–Trinajstić information content (AvgIpc) is 1.33. The van der Waals surface area contributed by atoms with Gasteiger partial charge in [0.1, 0.15) is 24.2 Å². The van der Waals surface area contributed by atoms with Gasteiger partial charge in [0.25, 0.3) is 5.91 Å². The Hall–Kier alpha value is -7.79. The number of carbonyl (C=O) groups is 9. The summed E-state index contributed by atoms with van der Waals surface area (Å²) in [5, 5.41) is 17.7. The van der Waals surface area contributed by atoms with Gasteiger partial charge in [0.2, 0.25) is 47.3 Å². The molecule has 0 bridgehead atoms. The molecule has 2 aliphatic heterocycles. The van der Waals surface area contributed by atoms with E-state index in [1.54, 1.807) is 59.0 Å². The lowest BCUT2D eigenvalue weighted by Crippen LogP contribution is -2.59. The molecule has 1 unspecified atom stereocenters. The highest BCUT2D eigenvalue weighted by atomic mass is 16.5. The van der Waals surface area contributed by atoms with Crippen molar-refractivity contribution < 1.29 is 52.6 Å².